The van der Waals surface area contributed by atoms with Crippen LogP contribution in [0.15, 0.2) is 0 Å². The molecule has 94 valence electrons. The predicted octanol–water partition coefficient (Wildman–Crippen LogP) is 2.69. The Labute approximate surface area is 103 Å². The van der Waals surface area contributed by atoms with E-state index in [4.69, 9.17) is 0 Å². The van der Waals surface area contributed by atoms with Gasteiger partial charge in [-0.3, -0.25) is 4.79 Å². The first kappa shape index (κ1) is 12.3. The highest BCUT2D eigenvalue weighted by Gasteiger charge is 2.20. The highest BCUT2D eigenvalue weighted by Crippen LogP contribution is 2.22. The summed E-state index contributed by atoms with van der Waals surface area (Å²) in [7, 11) is 0. The van der Waals surface area contributed by atoms with Crippen LogP contribution in [0.1, 0.15) is 50.3 Å². The van der Waals surface area contributed by atoms with Gasteiger partial charge in [-0.15, -0.1) is 0 Å². The van der Waals surface area contributed by atoms with Gasteiger partial charge in [-0.2, -0.15) is 0 Å². The smallest absolute Gasteiger partial charge is 0.155 e. The van der Waals surface area contributed by atoms with E-state index >= 15 is 0 Å². The average molecular weight is 234 g/mol. The van der Waals surface area contributed by atoms with Gasteiger partial charge in [0.25, 0.3) is 0 Å². The van der Waals surface area contributed by atoms with E-state index in [9.17, 15) is 4.79 Å². The Hall–Kier alpha value is -1.12. The van der Waals surface area contributed by atoms with Crippen molar-refractivity contribution in [3.63, 3.8) is 0 Å². The van der Waals surface area contributed by atoms with Crippen LogP contribution < -0.4 is 0 Å². The summed E-state index contributed by atoms with van der Waals surface area (Å²) in [4.78, 5) is 16.6. The van der Waals surface area contributed by atoms with Gasteiger partial charge < -0.3 is 4.57 Å². The molecule has 0 amide bonds. The fourth-order valence-corrected chi connectivity index (χ4v) is 2.48. The van der Waals surface area contributed by atoms with Crippen LogP contribution in [-0.4, -0.2) is 15.3 Å². The van der Waals surface area contributed by atoms with Crippen molar-refractivity contribution in [3.8, 4) is 0 Å². The zero-order chi connectivity index (χ0) is 12.4. The quantitative estimate of drug-likeness (QED) is 0.802. The molecule has 1 unspecified atom stereocenters. The van der Waals surface area contributed by atoms with E-state index in [0.717, 1.165) is 25.1 Å². The number of imidazole rings is 1. The topological polar surface area (TPSA) is 34.9 Å². The van der Waals surface area contributed by atoms with Gasteiger partial charge in [0, 0.05) is 11.6 Å². The molecule has 1 heterocycles. The molecule has 0 N–H and O–H groups in total. The van der Waals surface area contributed by atoms with Gasteiger partial charge in [-0.25, -0.2) is 4.98 Å². The summed E-state index contributed by atoms with van der Waals surface area (Å²) in [6.07, 6.45) is 5.57. The molecule has 1 aromatic heterocycles. The second-order valence-electron chi connectivity index (χ2n) is 5.12. The number of carbonyl (C=O) groups excluding carboxylic acids is 1. The van der Waals surface area contributed by atoms with Gasteiger partial charge in [0.1, 0.15) is 5.82 Å². The third-order valence-corrected chi connectivity index (χ3v) is 3.90. The molecule has 0 spiro atoms. The van der Waals surface area contributed by atoms with E-state index in [0.29, 0.717) is 12.3 Å². The van der Waals surface area contributed by atoms with Crippen molar-refractivity contribution in [2.75, 3.05) is 0 Å². The lowest BCUT2D eigenvalue weighted by molar-refractivity contribution is -0.123. The summed E-state index contributed by atoms with van der Waals surface area (Å²) < 4.78 is 2.14. The van der Waals surface area contributed by atoms with E-state index in [1.165, 1.54) is 24.2 Å². The van der Waals surface area contributed by atoms with Crippen LogP contribution in [0.25, 0.3) is 0 Å². The standard InChI is InChI=1S/C14H22N2O/c1-4-10(2)14(17)9-16-11(3)15-12-7-5-6-8-13(12)16/h10H,4-9H2,1-3H3. The van der Waals surface area contributed by atoms with Crippen LogP contribution in [0.2, 0.25) is 0 Å². The summed E-state index contributed by atoms with van der Waals surface area (Å²) >= 11 is 0. The maximum absolute atomic E-state index is 12.0. The van der Waals surface area contributed by atoms with Crippen LogP contribution in [0.3, 0.4) is 0 Å². The molecule has 0 saturated heterocycles. The number of rotatable bonds is 4. The maximum Gasteiger partial charge on any atom is 0.155 e. The molecule has 0 radical (unpaired) electrons. The van der Waals surface area contributed by atoms with Crippen molar-refractivity contribution in [3.05, 3.63) is 17.2 Å². The van der Waals surface area contributed by atoms with Crippen molar-refractivity contribution >= 4 is 5.78 Å². The molecule has 3 heteroatoms. The summed E-state index contributed by atoms with van der Waals surface area (Å²) in [5.41, 5.74) is 2.54. The van der Waals surface area contributed by atoms with E-state index in [1.54, 1.807) is 0 Å². The monoisotopic (exact) mass is 234 g/mol. The summed E-state index contributed by atoms with van der Waals surface area (Å²) in [5, 5.41) is 0. The Morgan fingerprint density at radius 1 is 1.41 bits per heavy atom. The Kier molecular flexibility index (Phi) is 3.65. The normalized spacial score (nSPS) is 16.6. The van der Waals surface area contributed by atoms with Gasteiger partial charge in [-0.05, 0) is 39.0 Å². The minimum Gasteiger partial charge on any atom is -0.325 e. The minimum atomic E-state index is 0.163. The lowest BCUT2D eigenvalue weighted by atomic mass is 10.0. The van der Waals surface area contributed by atoms with Gasteiger partial charge >= 0.3 is 0 Å². The number of aryl methyl sites for hydroxylation is 2. The first-order valence-corrected chi connectivity index (χ1v) is 6.71. The number of carbonyl (C=O) groups is 1. The molecule has 1 aromatic rings. The number of ketones is 1. The van der Waals surface area contributed by atoms with E-state index in [1.807, 2.05) is 13.8 Å². The molecular weight excluding hydrogens is 212 g/mol. The second-order valence-corrected chi connectivity index (χ2v) is 5.12. The number of aromatic nitrogens is 2. The molecular formula is C14H22N2O. The van der Waals surface area contributed by atoms with Crippen molar-refractivity contribution in [1.82, 2.24) is 9.55 Å². The van der Waals surface area contributed by atoms with E-state index < -0.39 is 0 Å². The Bertz CT molecular complexity index is 420. The third-order valence-electron chi connectivity index (χ3n) is 3.90. The molecule has 2 rings (SSSR count). The van der Waals surface area contributed by atoms with Gasteiger partial charge in [0.2, 0.25) is 0 Å². The second kappa shape index (κ2) is 5.03. The molecule has 1 aliphatic rings. The van der Waals surface area contributed by atoms with E-state index in [-0.39, 0.29) is 5.92 Å². The molecule has 0 fully saturated rings. The zero-order valence-electron chi connectivity index (χ0n) is 11.1. The van der Waals surface area contributed by atoms with Gasteiger partial charge in [-0.1, -0.05) is 13.8 Å². The Balaban J connectivity index is 2.21. The van der Waals surface area contributed by atoms with Gasteiger partial charge in [0.15, 0.2) is 5.78 Å². The fourth-order valence-electron chi connectivity index (χ4n) is 2.48. The highest BCUT2D eigenvalue weighted by atomic mass is 16.1. The SMILES string of the molecule is CCC(C)C(=O)Cn1c(C)nc2c1CCCC2. The zero-order valence-corrected chi connectivity index (χ0v) is 11.1. The fraction of sp³-hybridized carbons (Fsp3) is 0.714. The summed E-state index contributed by atoms with van der Waals surface area (Å²) in [5.74, 6) is 1.51. The lowest BCUT2D eigenvalue weighted by Crippen LogP contribution is -2.20. The molecule has 0 bridgehead atoms. The predicted molar refractivity (Wildman–Crippen MR) is 68.1 cm³/mol. The van der Waals surface area contributed by atoms with Gasteiger partial charge in [0.05, 0.1) is 12.2 Å². The Morgan fingerprint density at radius 2 is 2.12 bits per heavy atom. The van der Waals surface area contributed by atoms with Crippen LogP contribution in [0, 0.1) is 12.8 Å². The first-order valence-electron chi connectivity index (χ1n) is 6.71. The first-order chi connectivity index (χ1) is 8.13. The summed E-state index contributed by atoms with van der Waals surface area (Å²) in [6, 6.07) is 0. The van der Waals surface area contributed by atoms with E-state index in [2.05, 4.69) is 16.5 Å². The number of Topliss-reactive ketones (excluding diaryl/α,β-unsaturated/α-hetero) is 1. The number of hydrogen-bond acceptors (Lipinski definition) is 2. The summed E-state index contributed by atoms with van der Waals surface area (Å²) in [6.45, 7) is 6.62. The molecule has 0 saturated carbocycles. The average Bonchev–Trinajstić information content (AvgIpc) is 2.65. The number of fused-ring (bicyclic) bond motifs is 1. The van der Waals surface area contributed by atoms with Crippen LogP contribution in [0.4, 0.5) is 0 Å². The maximum atomic E-state index is 12.0. The highest BCUT2D eigenvalue weighted by molar-refractivity contribution is 5.80. The molecule has 3 nitrogen and oxygen atoms in total. The molecule has 1 aliphatic carbocycles. The largest absolute Gasteiger partial charge is 0.325 e. The van der Waals surface area contributed by atoms with Crippen molar-refractivity contribution in [1.29, 1.82) is 0 Å². The van der Waals surface area contributed by atoms with Crippen LogP contribution >= 0.6 is 0 Å². The number of nitrogens with zero attached hydrogens (tertiary/aromatic N) is 2. The number of hydrogen-bond donors (Lipinski definition) is 0. The van der Waals surface area contributed by atoms with Crippen molar-refractivity contribution in [2.24, 2.45) is 5.92 Å². The van der Waals surface area contributed by atoms with Crippen LogP contribution in [0.5, 0.6) is 0 Å². The molecule has 0 aliphatic heterocycles. The Morgan fingerprint density at radius 3 is 2.82 bits per heavy atom. The van der Waals surface area contributed by atoms with Crippen molar-refractivity contribution in [2.45, 2.75) is 59.4 Å². The van der Waals surface area contributed by atoms with Crippen LogP contribution in [-0.2, 0) is 24.2 Å². The molecule has 0 aromatic carbocycles. The molecule has 1 atom stereocenters. The minimum absolute atomic E-state index is 0.163. The van der Waals surface area contributed by atoms with Crippen molar-refractivity contribution < 1.29 is 4.79 Å². The lowest BCUT2D eigenvalue weighted by Gasteiger charge is -2.15. The third kappa shape index (κ3) is 2.43. The molecule has 17 heavy (non-hydrogen) atoms.